The molecule has 2 N–H and O–H groups in total. The van der Waals surface area contributed by atoms with Gasteiger partial charge in [0, 0.05) is 11.6 Å². The van der Waals surface area contributed by atoms with Gasteiger partial charge in [-0.3, -0.25) is 9.59 Å². The van der Waals surface area contributed by atoms with E-state index in [1.54, 1.807) is 31.2 Å². The highest BCUT2D eigenvalue weighted by atomic mass is 19.1. The number of carbonyl (C=O) groups excluding carboxylic acids is 2. The smallest absolute Gasteiger partial charge is 0.254 e. The van der Waals surface area contributed by atoms with Crippen LogP contribution in [0.1, 0.15) is 41.7 Å². The normalized spacial score (nSPS) is 14.7. The molecule has 1 fully saturated rings. The van der Waals surface area contributed by atoms with E-state index in [1.807, 2.05) is 0 Å². The first-order chi connectivity index (χ1) is 11.9. The highest BCUT2D eigenvalue weighted by Crippen LogP contribution is 2.30. The summed E-state index contributed by atoms with van der Waals surface area (Å²) in [6.45, 7) is 1.74. The van der Waals surface area contributed by atoms with Crippen LogP contribution >= 0.6 is 0 Å². The molecule has 1 atom stereocenters. The predicted molar refractivity (Wildman–Crippen MR) is 90.0 cm³/mol. The van der Waals surface area contributed by atoms with Gasteiger partial charge >= 0.3 is 0 Å². The molecule has 2 aromatic rings. The Morgan fingerprint density at radius 3 is 2.40 bits per heavy atom. The van der Waals surface area contributed by atoms with Gasteiger partial charge in [-0.1, -0.05) is 12.1 Å². The summed E-state index contributed by atoms with van der Waals surface area (Å²) in [6.07, 6.45) is 1.87. The topological polar surface area (TPSA) is 58.2 Å². The zero-order valence-electron chi connectivity index (χ0n) is 13.7. The van der Waals surface area contributed by atoms with E-state index in [-0.39, 0.29) is 17.4 Å². The second kappa shape index (κ2) is 7.01. The molecule has 1 saturated carbocycles. The minimum absolute atomic E-state index is 0.0238. The lowest BCUT2D eigenvalue weighted by molar-refractivity contribution is -0.117. The summed E-state index contributed by atoms with van der Waals surface area (Å²) >= 11 is 0. The zero-order valence-corrected chi connectivity index (χ0v) is 13.7. The van der Waals surface area contributed by atoms with Gasteiger partial charge in [0.05, 0.1) is 11.6 Å². The van der Waals surface area contributed by atoms with E-state index >= 15 is 0 Å². The molecule has 4 nitrogen and oxygen atoms in total. The summed E-state index contributed by atoms with van der Waals surface area (Å²) in [5.41, 5.74) is 1.14. The third-order valence-electron chi connectivity index (χ3n) is 4.15. The number of benzene rings is 2. The van der Waals surface area contributed by atoms with Crippen molar-refractivity contribution in [3.8, 4) is 0 Å². The van der Waals surface area contributed by atoms with Crippen LogP contribution in [-0.4, -0.2) is 11.8 Å². The Hall–Kier alpha value is -2.76. The molecule has 2 amide bonds. The molecule has 0 saturated heterocycles. The van der Waals surface area contributed by atoms with Crippen molar-refractivity contribution in [1.82, 2.24) is 5.32 Å². The first-order valence-electron chi connectivity index (χ1n) is 8.11. The highest BCUT2D eigenvalue weighted by molar-refractivity contribution is 5.95. The van der Waals surface area contributed by atoms with E-state index < -0.39 is 23.6 Å². The van der Waals surface area contributed by atoms with Crippen LogP contribution in [0.15, 0.2) is 42.5 Å². The van der Waals surface area contributed by atoms with E-state index in [9.17, 15) is 18.4 Å². The van der Waals surface area contributed by atoms with Gasteiger partial charge in [-0.2, -0.15) is 0 Å². The third kappa shape index (κ3) is 4.21. The average Bonchev–Trinajstić information content (AvgIpc) is 3.42. The molecule has 0 aliphatic heterocycles. The molecule has 0 spiro atoms. The number of hydrogen-bond acceptors (Lipinski definition) is 2. The van der Waals surface area contributed by atoms with Gasteiger partial charge in [0.1, 0.15) is 11.6 Å². The maximum Gasteiger partial charge on any atom is 0.254 e. The van der Waals surface area contributed by atoms with Crippen LogP contribution in [0.4, 0.5) is 14.5 Å². The van der Waals surface area contributed by atoms with E-state index in [0.29, 0.717) is 5.69 Å². The summed E-state index contributed by atoms with van der Waals surface area (Å²) in [4.78, 5) is 23.8. The van der Waals surface area contributed by atoms with Crippen LogP contribution in [0.25, 0.3) is 0 Å². The molecular weight excluding hydrogens is 326 g/mol. The molecule has 0 heterocycles. The Balaban J connectivity index is 1.64. The molecule has 1 aliphatic carbocycles. The number of halogens is 2. The van der Waals surface area contributed by atoms with Gasteiger partial charge in [-0.15, -0.1) is 0 Å². The Morgan fingerprint density at radius 2 is 1.76 bits per heavy atom. The first-order valence-corrected chi connectivity index (χ1v) is 8.11. The Kier molecular flexibility index (Phi) is 4.79. The van der Waals surface area contributed by atoms with Gasteiger partial charge < -0.3 is 10.6 Å². The summed E-state index contributed by atoms with van der Waals surface area (Å²) in [5.74, 6) is -1.98. The summed E-state index contributed by atoms with van der Waals surface area (Å²) < 4.78 is 26.8. The van der Waals surface area contributed by atoms with Crippen molar-refractivity contribution < 1.29 is 18.4 Å². The molecule has 0 aromatic heterocycles. The molecule has 1 unspecified atom stereocenters. The Bertz CT molecular complexity index is 802. The maximum absolute atomic E-state index is 13.6. The van der Waals surface area contributed by atoms with Gasteiger partial charge in [0.15, 0.2) is 0 Å². The quantitative estimate of drug-likeness (QED) is 0.867. The molecule has 0 radical (unpaired) electrons. The van der Waals surface area contributed by atoms with Crippen LogP contribution in [-0.2, 0) is 4.79 Å². The van der Waals surface area contributed by atoms with E-state index in [2.05, 4.69) is 10.6 Å². The minimum Gasteiger partial charge on any atom is -0.345 e. The maximum atomic E-state index is 13.6. The summed E-state index contributed by atoms with van der Waals surface area (Å²) in [6, 6.07) is 9.40. The second-order valence-corrected chi connectivity index (χ2v) is 6.20. The molecule has 6 heteroatoms. The van der Waals surface area contributed by atoms with Crippen molar-refractivity contribution >= 4 is 17.5 Å². The van der Waals surface area contributed by atoms with Gasteiger partial charge in [0.25, 0.3) is 5.91 Å². The molecule has 25 heavy (non-hydrogen) atoms. The summed E-state index contributed by atoms with van der Waals surface area (Å²) in [7, 11) is 0. The SMILES string of the molecule is CC(NC(=O)c1cc(F)ccc1F)c1ccc(NC(=O)C2CC2)cc1. The number of rotatable bonds is 5. The van der Waals surface area contributed by atoms with Gasteiger partial charge in [-0.25, -0.2) is 8.78 Å². The summed E-state index contributed by atoms with van der Waals surface area (Å²) in [5, 5.41) is 5.47. The van der Waals surface area contributed by atoms with E-state index in [1.165, 1.54) is 0 Å². The minimum atomic E-state index is -0.774. The fraction of sp³-hybridized carbons (Fsp3) is 0.263. The third-order valence-corrected chi connectivity index (χ3v) is 4.15. The van der Waals surface area contributed by atoms with E-state index in [0.717, 1.165) is 36.6 Å². The molecule has 0 bridgehead atoms. The Labute approximate surface area is 144 Å². The van der Waals surface area contributed by atoms with Crippen molar-refractivity contribution in [2.24, 2.45) is 5.92 Å². The van der Waals surface area contributed by atoms with Gasteiger partial charge in [-0.05, 0) is 55.7 Å². The number of carbonyl (C=O) groups is 2. The number of nitrogens with one attached hydrogen (secondary N) is 2. The van der Waals surface area contributed by atoms with Crippen LogP contribution in [0, 0.1) is 17.6 Å². The standard InChI is InChI=1S/C19H18F2N2O2/c1-11(22-19(25)16-10-14(20)6-9-17(16)21)12-4-7-15(8-5-12)23-18(24)13-2-3-13/h4-11,13H,2-3H2,1H3,(H,22,25)(H,23,24). The number of anilines is 1. The Morgan fingerprint density at radius 1 is 1.08 bits per heavy atom. The fourth-order valence-electron chi connectivity index (χ4n) is 2.47. The monoisotopic (exact) mass is 344 g/mol. The zero-order chi connectivity index (χ0) is 18.0. The van der Waals surface area contributed by atoms with Crippen molar-refractivity contribution in [3.63, 3.8) is 0 Å². The average molecular weight is 344 g/mol. The van der Waals surface area contributed by atoms with E-state index in [4.69, 9.17) is 0 Å². The molecular formula is C19H18F2N2O2. The largest absolute Gasteiger partial charge is 0.345 e. The van der Waals surface area contributed by atoms with Gasteiger partial charge in [0.2, 0.25) is 5.91 Å². The number of hydrogen-bond donors (Lipinski definition) is 2. The van der Waals surface area contributed by atoms with Crippen LogP contribution in [0.3, 0.4) is 0 Å². The molecule has 130 valence electrons. The van der Waals surface area contributed by atoms with Crippen molar-refractivity contribution in [3.05, 3.63) is 65.2 Å². The van der Waals surface area contributed by atoms with Crippen molar-refractivity contribution in [2.45, 2.75) is 25.8 Å². The first kappa shape index (κ1) is 17.1. The lowest BCUT2D eigenvalue weighted by atomic mass is 10.1. The molecule has 1 aliphatic rings. The second-order valence-electron chi connectivity index (χ2n) is 6.20. The van der Waals surface area contributed by atoms with Crippen LogP contribution < -0.4 is 10.6 Å². The fourth-order valence-corrected chi connectivity index (χ4v) is 2.47. The van der Waals surface area contributed by atoms with Crippen LogP contribution in [0.5, 0.6) is 0 Å². The lowest BCUT2D eigenvalue weighted by Crippen LogP contribution is -2.27. The lowest BCUT2D eigenvalue weighted by Gasteiger charge is -2.15. The van der Waals surface area contributed by atoms with Crippen LogP contribution in [0.2, 0.25) is 0 Å². The number of amides is 2. The highest BCUT2D eigenvalue weighted by Gasteiger charge is 2.29. The van der Waals surface area contributed by atoms with Crippen molar-refractivity contribution in [2.75, 3.05) is 5.32 Å². The predicted octanol–water partition coefficient (Wildman–Crippen LogP) is 3.80. The molecule has 3 rings (SSSR count). The molecule has 2 aromatic carbocycles. The van der Waals surface area contributed by atoms with Crippen molar-refractivity contribution in [1.29, 1.82) is 0 Å².